The van der Waals surface area contributed by atoms with E-state index in [1.807, 2.05) is 19.9 Å². The highest BCUT2D eigenvalue weighted by atomic mass is 19.1. The standard InChI is InChI=1S/C15H20FNO2.C2H6/c16-13-10-12(4-3-7-17-5-1-2-6-17)11-14-15(13)19-9-8-18-14;1-2/h10-11H,1-9H2;1-2H3. The summed E-state index contributed by atoms with van der Waals surface area (Å²) in [6, 6.07) is 3.50. The van der Waals surface area contributed by atoms with Crippen LogP contribution in [0, 0.1) is 5.82 Å². The molecule has 2 heterocycles. The molecule has 0 radical (unpaired) electrons. The summed E-state index contributed by atoms with van der Waals surface area (Å²) in [4.78, 5) is 2.48. The van der Waals surface area contributed by atoms with Crippen LogP contribution in [0.15, 0.2) is 12.1 Å². The normalized spacial score (nSPS) is 17.3. The Morgan fingerprint density at radius 2 is 1.81 bits per heavy atom. The van der Waals surface area contributed by atoms with Crippen LogP contribution in [0.4, 0.5) is 4.39 Å². The van der Waals surface area contributed by atoms with Gasteiger partial charge in [0.05, 0.1) is 0 Å². The number of halogens is 1. The zero-order valence-corrected chi connectivity index (χ0v) is 13.2. The summed E-state index contributed by atoms with van der Waals surface area (Å²) < 4.78 is 24.6. The first-order chi connectivity index (χ1) is 10.3. The quantitative estimate of drug-likeness (QED) is 0.846. The predicted molar refractivity (Wildman–Crippen MR) is 82.7 cm³/mol. The summed E-state index contributed by atoms with van der Waals surface area (Å²) in [5, 5.41) is 0. The van der Waals surface area contributed by atoms with Crippen LogP contribution in [-0.2, 0) is 6.42 Å². The van der Waals surface area contributed by atoms with Gasteiger partial charge in [0, 0.05) is 0 Å². The van der Waals surface area contributed by atoms with E-state index in [4.69, 9.17) is 9.47 Å². The van der Waals surface area contributed by atoms with E-state index in [1.54, 1.807) is 6.07 Å². The zero-order chi connectivity index (χ0) is 15.1. The fraction of sp³-hybridized carbons (Fsp3) is 0.647. The van der Waals surface area contributed by atoms with Gasteiger partial charge in [0.25, 0.3) is 0 Å². The molecule has 1 saturated heterocycles. The molecule has 2 aliphatic rings. The van der Waals surface area contributed by atoms with Crippen molar-refractivity contribution in [3.8, 4) is 11.5 Å². The van der Waals surface area contributed by atoms with Gasteiger partial charge in [-0.05, 0) is 63.0 Å². The van der Waals surface area contributed by atoms with Crippen LogP contribution in [-0.4, -0.2) is 37.7 Å². The number of hydrogen-bond acceptors (Lipinski definition) is 3. The molecule has 1 aromatic rings. The van der Waals surface area contributed by atoms with Crippen LogP contribution in [0.5, 0.6) is 11.5 Å². The molecular weight excluding hydrogens is 269 g/mol. The van der Waals surface area contributed by atoms with Crippen molar-refractivity contribution in [3.63, 3.8) is 0 Å². The van der Waals surface area contributed by atoms with Gasteiger partial charge in [-0.3, -0.25) is 0 Å². The van der Waals surface area contributed by atoms with E-state index in [-0.39, 0.29) is 11.6 Å². The fourth-order valence-corrected chi connectivity index (χ4v) is 2.82. The van der Waals surface area contributed by atoms with Gasteiger partial charge in [0.15, 0.2) is 17.3 Å². The van der Waals surface area contributed by atoms with Crippen LogP contribution < -0.4 is 9.47 Å². The first-order valence-electron chi connectivity index (χ1n) is 8.13. The maximum absolute atomic E-state index is 13.8. The zero-order valence-electron chi connectivity index (χ0n) is 13.2. The van der Waals surface area contributed by atoms with E-state index in [0.717, 1.165) is 24.9 Å². The minimum absolute atomic E-state index is 0.273. The van der Waals surface area contributed by atoms with E-state index in [1.165, 1.54) is 25.9 Å². The number of likely N-dealkylation sites (tertiary alicyclic amines) is 1. The molecule has 0 saturated carbocycles. The van der Waals surface area contributed by atoms with E-state index in [2.05, 4.69) is 4.90 Å². The van der Waals surface area contributed by atoms with E-state index in [9.17, 15) is 4.39 Å². The number of hydrogen-bond donors (Lipinski definition) is 0. The molecule has 3 rings (SSSR count). The predicted octanol–water partition coefficient (Wildman–Crippen LogP) is 3.65. The molecule has 1 aromatic carbocycles. The van der Waals surface area contributed by atoms with Crippen molar-refractivity contribution < 1.29 is 13.9 Å². The summed E-state index contributed by atoms with van der Waals surface area (Å²) in [5.41, 5.74) is 1.00. The highest BCUT2D eigenvalue weighted by Crippen LogP contribution is 2.34. The number of fused-ring (bicyclic) bond motifs is 1. The monoisotopic (exact) mass is 295 g/mol. The van der Waals surface area contributed by atoms with Gasteiger partial charge in [-0.15, -0.1) is 0 Å². The molecule has 1 fully saturated rings. The third kappa shape index (κ3) is 4.34. The molecule has 0 N–H and O–H groups in total. The Balaban J connectivity index is 0.000000774. The Hall–Kier alpha value is -1.29. The Morgan fingerprint density at radius 1 is 1.10 bits per heavy atom. The maximum Gasteiger partial charge on any atom is 0.197 e. The number of rotatable bonds is 4. The molecule has 2 aliphatic heterocycles. The molecule has 0 unspecified atom stereocenters. The van der Waals surface area contributed by atoms with Crippen molar-refractivity contribution in [2.24, 2.45) is 0 Å². The van der Waals surface area contributed by atoms with Crippen molar-refractivity contribution in [2.75, 3.05) is 32.8 Å². The number of ether oxygens (including phenoxy) is 2. The number of nitrogens with zero attached hydrogens (tertiary/aromatic N) is 1. The third-order valence-electron chi connectivity index (χ3n) is 3.80. The second-order valence-corrected chi connectivity index (χ2v) is 5.25. The summed E-state index contributed by atoms with van der Waals surface area (Å²) >= 11 is 0. The van der Waals surface area contributed by atoms with Crippen molar-refractivity contribution >= 4 is 0 Å². The summed E-state index contributed by atoms with van der Waals surface area (Å²) in [7, 11) is 0. The highest BCUT2D eigenvalue weighted by molar-refractivity contribution is 5.45. The topological polar surface area (TPSA) is 21.7 Å². The first kappa shape index (κ1) is 16.1. The minimum atomic E-state index is -0.298. The lowest BCUT2D eigenvalue weighted by atomic mass is 10.1. The van der Waals surface area contributed by atoms with Gasteiger partial charge in [-0.2, -0.15) is 0 Å². The second kappa shape index (κ2) is 8.23. The number of benzene rings is 1. The van der Waals surface area contributed by atoms with Crippen LogP contribution in [0.3, 0.4) is 0 Å². The minimum Gasteiger partial charge on any atom is -0.486 e. The SMILES string of the molecule is CC.Fc1cc(CCCN2CCCC2)cc2c1OCCO2. The Labute approximate surface area is 127 Å². The van der Waals surface area contributed by atoms with Gasteiger partial charge < -0.3 is 14.4 Å². The van der Waals surface area contributed by atoms with Crippen molar-refractivity contribution in [1.82, 2.24) is 4.90 Å². The van der Waals surface area contributed by atoms with Crippen LogP contribution in [0.2, 0.25) is 0 Å². The van der Waals surface area contributed by atoms with Crippen molar-refractivity contribution in [1.29, 1.82) is 0 Å². The average molecular weight is 295 g/mol. The molecule has 0 spiro atoms. The van der Waals surface area contributed by atoms with E-state index >= 15 is 0 Å². The third-order valence-corrected chi connectivity index (χ3v) is 3.80. The lowest BCUT2D eigenvalue weighted by Crippen LogP contribution is -2.21. The Kier molecular flexibility index (Phi) is 6.30. The van der Waals surface area contributed by atoms with Gasteiger partial charge in [-0.25, -0.2) is 4.39 Å². The summed E-state index contributed by atoms with van der Waals surface area (Å²) in [6.07, 6.45) is 4.60. The van der Waals surface area contributed by atoms with Gasteiger partial charge >= 0.3 is 0 Å². The molecule has 0 aliphatic carbocycles. The van der Waals surface area contributed by atoms with Gasteiger partial charge in [-0.1, -0.05) is 13.8 Å². The lowest BCUT2D eigenvalue weighted by Gasteiger charge is -2.20. The van der Waals surface area contributed by atoms with Crippen LogP contribution >= 0.6 is 0 Å². The van der Waals surface area contributed by atoms with Crippen molar-refractivity contribution in [2.45, 2.75) is 39.5 Å². The molecule has 0 amide bonds. The smallest absolute Gasteiger partial charge is 0.197 e. The lowest BCUT2D eigenvalue weighted by molar-refractivity contribution is 0.164. The van der Waals surface area contributed by atoms with E-state index in [0.29, 0.717) is 19.0 Å². The number of aryl methyl sites for hydroxylation is 1. The molecule has 0 bridgehead atoms. The Bertz CT molecular complexity index is 445. The molecule has 4 heteroatoms. The maximum atomic E-state index is 13.8. The second-order valence-electron chi connectivity index (χ2n) is 5.25. The first-order valence-corrected chi connectivity index (χ1v) is 8.13. The van der Waals surface area contributed by atoms with Crippen LogP contribution in [0.25, 0.3) is 0 Å². The van der Waals surface area contributed by atoms with E-state index < -0.39 is 0 Å². The molecule has 0 atom stereocenters. The average Bonchev–Trinajstić information content (AvgIpc) is 3.03. The Morgan fingerprint density at radius 3 is 2.57 bits per heavy atom. The largest absolute Gasteiger partial charge is 0.486 e. The fourth-order valence-electron chi connectivity index (χ4n) is 2.82. The molecule has 21 heavy (non-hydrogen) atoms. The molecule has 118 valence electrons. The van der Waals surface area contributed by atoms with Crippen LogP contribution in [0.1, 0.15) is 38.7 Å². The van der Waals surface area contributed by atoms with Gasteiger partial charge in [0.2, 0.25) is 0 Å². The molecule has 3 nitrogen and oxygen atoms in total. The molecular formula is C17H26FNO2. The highest BCUT2D eigenvalue weighted by Gasteiger charge is 2.18. The van der Waals surface area contributed by atoms with Gasteiger partial charge in [0.1, 0.15) is 13.2 Å². The molecule has 0 aromatic heterocycles. The van der Waals surface area contributed by atoms with Crippen molar-refractivity contribution in [3.05, 3.63) is 23.5 Å². The summed E-state index contributed by atoms with van der Waals surface area (Å²) in [6.45, 7) is 8.48. The summed E-state index contributed by atoms with van der Waals surface area (Å²) in [5.74, 6) is 0.533.